The van der Waals surface area contributed by atoms with Crippen LogP contribution in [-0.2, 0) is 22.4 Å². The Morgan fingerprint density at radius 2 is 1.45 bits per heavy atom. The fraction of sp³-hybridized carbons (Fsp3) is 0.231. The van der Waals surface area contributed by atoms with Crippen molar-refractivity contribution in [2.45, 2.75) is 58.3 Å². The largest absolute Gasteiger partial charge is 0.456 e. The third-order valence-electron chi connectivity index (χ3n) is 8.11. The summed E-state index contributed by atoms with van der Waals surface area (Å²) in [5.74, 6) is 1.71. The number of benzene rings is 4. The number of Topliss-reactive ketones (excluding diaryl/α,β-unsaturated/α-hetero) is 1. The van der Waals surface area contributed by atoms with Crippen molar-refractivity contribution in [3.63, 3.8) is 0 Å². The molecule has 6 aromatic rings. The van der Waals surface area contributed by atoms with Gasteiger partial charge in [-0.05, 0) is 53.1 Å². The Hall–Kier alpha value is -5.08. The maximum absolute atomic E-state index is 12.4. The molecule has 47 heavy (non-hydrogen) atoms. The molecular formula is C39H37NO6S. The van der Waals surface area contributed by atoms with E-state index in [9.17, 15) is 4.79 Å². The topological polar surface area (TPSA) is 107 Å². The van der Waals surface area contributed by atoms with Gasteiger partial charge in [0.1, 0.15) is 11.3 Å². The molecule has 8 heteroatoms. The first-order valence-electron chi connectivity index (χ1n) is 15.6. The van der Waals surface area contributed by atoms with Crippen molar-refractivity contribution in [3.8, 4) is 22.6 Å². The first kappa shape index (κ1) is 33.3. The number of fused-ring (bicyclic) bond motifs is 1. The van der Waals surface area contributed by atoms with Crippen LogP contribution in [0.15, 0.2) is 118 Å². The van der Waals surface area contributed by atoms with E-state index in [1.807, 2.05) is 55.5 Å². The van der Waals surface area contributed by atoms with E-state index in [1.165, 1.54) is 11.1 Å². The second kappa shape index (κ2) is 14.6. The Morgan fingerprint density at radius 1 is 0.787 bits per heavy atom. The van der Waals surface area contributed by atoms with E-state index in [1.54, 1.807) is 0 Å². The van der Waals surface area contributed by atoms with Crippen molar-refractivity contribution in [3.05, 3.63) is 137 Å². The van der Waals surface area contributed by atoms with E-state index in [2.05, 4.69) is 86.6 Å². The summed E-state index contributed by atoms with van der Waals surface area (Å²) >= 11 is 0. The molecule has 2 aromatic heterocycles. The number of para-hydroxylation sites is 1. The summed E-state index contributed by atoms with van der Waals surface area (Å²) in [6, 6.07) is 37.2. The molecule has 7 nitrogen and oxygen atoms in total. The lowest BCUT2D eigenvalue weighted by atomic mass is 9.83. The number of hydrogen-bond donors (Lipinski definition) is 0. The predicted molar refractivity (Wildman–Crippen MR) is 183 cm³/mol. The Labute approximate surface area is 276 Å². The molecule has 1 unspecified atom stereocenters. The van der Waals surface area contributed by atoms with E-state index in [-0.39, 0.29) is 17.1 Å². The molecule has 0 amide bonds. The SMILES string of the molecule is CCCC(=O)c1ccc(CC(c2ccc(C(C)(C)C)cc2)c2cc(-c3cccc(-c4cc5ccccc5o4)c3)on2)cc1.O=S(=O)=O. The highest BCUT2D eigenvalue weighted by Gasteiger charge is 2.22. The van der Waals surface area contributed by atoms with Crippen molar-refractivity contribution in [1.82, 2.24) is 5.16 Å². The number of hydrogen-bond acceptors (Lipinski definition) is 7. The molecule has 0 aliphatic heterocycles. The summed E-state index contributed by atoms with van der Waals surface area (Å²) in [5, 5.41) is 5.67. The van der Waals surface area contributed by atoms with Crippen LogP contribution in [0.3, 0.4) is 0 Å². The number of rotatable bonds is 9. The standard InChI is InChI=1S/C39H37NO3.O3S/c1-5-9-35(41)28-16-14-26(15-17-28)22-33(27-18-20-32(21-19-27)39(2,3)4)34-25-38(43-40-34)30-12-8-11-29(23-30)37-24-31-10-6-7-13-36(31)42-37;1-4(2)3/h6-8,10-21,23-25,33H,5,9,22H2,1-4H3;. The minimum absolute atomic E-state index is 0.0118. The third kappa shape index (κ3) is 8.40. The molecule has 0 N–H and O–H groups in total. The van der Waals surface area contributed by atoms with Gasteiger partial charge < -0.3 is 8.94 Å². The normalized spacial score (nSPS) is 11.9. The molecule has 0 bridgehead atoms. The molecule has 2 heterocycles. The van der Waals surface area contributed by atoms with Crippen LogP contribution in [0.4, 0.5) is 0 Å². The molecule has 0 spiro atoms. The predicted octanol–water partition coefficient (Wildman–Crippen LogP) is 9.41. The molecule has 6 rings (SSSR count). The molecule has 0 radical (unpaired) electrons. The number of aromatic nitrogens is 1. The van der Waals surface area contributed by atoms with Gasteiger partial charge in [-0.1, -0.05) is 118 Å². The Morgan fingerprint density at radius 3 is 2.09 bits per heavy atom. The molecule has 1 atom stereocenters. The van der Waals surface area contributed by atoms with E-state index in [4.69, 9.17) is 21.6 Å². The van der Waals surface area contributed by atoms with Crippen LogP contribution in [0.25, 0.3) is 33.6 Å². The average molecular weight is 648 g/mol. The minimum Gasteiger partial charge on any atom is -0.456 e. The van der Waals surface area contributed by atoms with Crippen LogP contribution >= 0.6 is 0 Å². The van der Waals surface area contributed by atoms with Crippen molar-refractivity contribution in [2.24, 2.45) is 0 Å². The molecule has 0 aliphatic rings. The van der Waals surface area contributed by atoms with Crippen LogP contribution in [0.2, 0.25) is 0 Å². The van der Waals surface area contributed by atoms with Gasteiger partial charge in [0.25, 0.3) is 0 Å². The van der Waals surface area contributed by atoms with Gasteiger partial charge in [0.05, 0.1) is 5.69 Å². The van der Waals surface area contributed by atoms with E-state index in [0.29, 0.717) is 12.2 Å². The van der Waals surface area contributed by atoms with Gasteiger partial charge in [0.2, 0.25) is 0 Å². The van der Waals surface area contributed by atoms with Crippen molar-refractivity contribution in [1.29, 1.82) is 0 Å². The fourth-order valence-electron chi connectivity index (χ4n) is 5.58. The summed E-state index contributed by atoms with van der Waals surface area (Å²) in [4.78, 5) is 12.4. The lowest BCUT2D eigenvalue weighted by molar-refractivity contribution is 0.0981. The zero-order chi connectivity index (χ0) is 33.6. The van der Waals surface area contributed by atoms with Crippen LogP contribution in [-0.4, -0.2) is 23.6 Å². The highest BCUT2D eigenvalue weighted by atomic mass is 32.2. The van der Waals surface area contributed by atoms with Gasteiger partial charge in [0, 0.05) is 40.5 Å². The molecule has 0 aliphatic carbocycles. The maximum Gasteiger partial charge on any atom is 0.425 e. The van der Waals surface area contributed by atoms with Crippen LogP contribution in [0.5, 0.6) is 0 Å². The van der Waals surface area contributed by atoms with Crippen LogP contribution < -0.4 is 0 Å². The van der Waals surface area contributed by atoms with Crippen molar-refractivity contribution >= 4 is 27.4 Å². The Bertz CT molecular complexity index is 2040. The fourth-order valence-corrected chi connectivity index (χ4v) is 5.58. The first-order chi connectivity index (χ1) is 22.5. The number of ketones is 1. The van der Waals surface area contributed by atoms with Gasteiger partial charge in [-0.3, -0.25) is 4.79 Å². The molecule has 240 valence electrons. The summed E-state index contributed by atoms with van der Waals surface area (Å²) in [6.45, 7) is 8.71. The lowest BCUT2D eigenvalue weighted by Gasteiger charge is -2.21. The van der Waals surface area contributed by atoms with Gasteiger partial charge in [0.15, 0.2) is 11.5 Å². The van der Waals surface area contributed by atoms with Crippen LogP contribution in [0.1, 0.15) is 79.2 Å². The summed E-state index contributed by atoms with van der Waals surface area (Å²) in [5.41, 5.74) is 8.12. The molecular weight excluding hydrogens is 610 g/mol. The number of carbonyl (C=O) groups excluding carboxylic acids is 1. The maximum atomic E-state index is 12.4. The number of nitrogens with zero attached hydrogens (tertiary/aromatic N) is 1. The second-order valence-electron chi connectivity index (χ2n) is 12.5. The quantitative estimate of drug-likeness (QED) is 0.144. The summed E-state index contributed by atoms with van der Waals surface area (Å²) < 4.78 is 37.4. The lowest BCUT2D eigenvalue weighted by Crippen LogP contribution is -2.12. The van der Waals surface area contributed by atoms with E-state index in [0.717, 1.165) is 57.5 Å². The number of carbonyl (C=O) groups is 1. The van der Waals surface area contributed by atoms with Gasteiger partial charge in [-0.25, -0.2) is 0 Å². The van der Waals surface area contributed by atoms with Crippen LogP contribution in [0, 0.1) is 0 Å². The van der Waals surface area contributed by atoms with Crippen molar-refractivity contribution in [2.75, 3.05) is 0 Å². The summed E-state index contributed by atoms with van der Waals surface area (Å²) in [6.07, 6.45) is 2.16. The first-order valence-corrected chi connectivity index (χ1v) is 16.6. The number of furan rings is 1. The smallest absolute Gasteiger partial charge is 0.425 e. The Balaban J connectivity index is 0.00000103. The zero-order valence-corrected chi connectivity index (χ0v) is 27.7. The monoisotopic (exact) mass is 647 g/mol. The van der Waals surface area contributed by atoms with Gasteiger partial charge in [-0.2, -0.15) is 0 Å². The highest BCUT2D eigenvalue weighted by Crippen LogP contribution is 2.35. The molecule has 0 fully saturated rings. The highest BCUT2D eigenvalue weighted by molar-refractivity contribution is 7.59. The zero-order valence-electron chi connectivity index (χ0n) is 26.9. The third-order valence-corrected chi connectivity index (χ3v) is 8.11. The molecule has 4 aromatic carbocycles. The van der Waals surface area contributed by atoms with E-state index < -0.39 is 10.6 Å². The van der Waals surface area contributed by atoms with Gasteiger partial charge in [-0.15, -0.1) is 12.6 Å². The Kier molecular flexibility index (Phi) is 10.3. The van der Waals surface area contributed by atoms with Gasteiger partial charge >= 0.3 is 10.6 Å². The average Bonchev–Trinajstić information content (AvgIpc) is 3.72. The second-order valence-corrected chi connectivity index (χ2v) is 13.0. The minimum atomic E-state index is -3.11. The van der Waals surface area contributed by atoms with Crippen molar-refractivity contribution < 1.29 is 26.4 Å². The van der Waals surface area contributed by atoms with E-state index >= 15 is 0 Å². The molecule has 0 saturated heterocycles. The summed E-state index contributed by atoms with van der Waals surface area (Å²) in [7, 11) is -3.11. The molecule has 0 saturated carbocycles.